The van der Waals surface area contributed by atoms with Crippen LogP contribution in [0.2, 0.25) is 0 Å². The summed E-state index contributed by atoms with van der Waals surface area (Å²) in [5, 5.41) is 0. The molecule has 3 rings (SSSR count). The number of sulfonamides is 1. The molecule has 6 nitrogen and oxygen atoms in total. The smallest absolute Gasteiger partial charge is 0.217 e. The quantitative estimate of drug-likeness (QED) is 0.744. The van der Waals surface area contributed by atoms with Gasteiger partial charge in [0.1, 0.15) is 18.2 Å². The molecule has 0 unspecified atom stereocenters. The van der Waals surface area contributed by atoms with E-state index in [1.165, 1.54) is 0 Å². The maximum atomic E-state index is 12.7. The summed E-state index contributed by atoms with van der Waals surface area (Å²) in [6, 6.07) is 7.64. The van der Waals surface area contributed by atoms with E-state index >= 15 is 0 Å². The van der Waals surface area contributed by atoms with Gasteiger partial charge in [0.2, 0.25) is 10.0 Å². The fraction of sp³-hybridized carbons (Fsp3) is 0.526. The number of ether oxygens (including phenoxy) is 1. The Balaban J connectivity index is 1.58. The number of aromatic nitrogens is 2. The second kappa shape index (κ2) is 8.22. The molecule has 2 aromatic rings. The molecule has 0 N–H and O–H groups in total. The van der Waals surface area contributed by atoms with Crippen molar-refractivity contribution in [3.8, 4) is 5.75 Å². The van der Waals surface area contributed by atoms with Crippen LogP contribution in [0.4, 0.5) is 0 Å². The van der Waals surface area contributed by atoms with E-state index in [2.05, 4.69) is 16.5 Å². The Hall–Kier alpha value is -1.86. The van der Waals surface area contributed by atoms with Gasteiger partial charge in [-0.05, 0) is 38.8 Å². The predicted octanol–water partition coefficient (Wildman–Crippen LogP) is 2.80. The maximum Gasteiger partial charge on any atom is 0.217 e. The fourth-order valence-electron chi connectivity index (χ4n) is 3.38. The van der Waals surface area contributed by atoms with Crippen LogP contribution < -0.4 is 4.74 Å². The zero-order valence-electron chi connectivity index (χ0n) is 15.5. The first-order chi connectivity index (χ1) is 12.5. The Morgan fingerprint density at radius 3 is 2.77 bits per heavy atom. The molecular formula is C19H27N3O3S. The monoisotopic (exact) mass is 377 g/mol. The summed E-state index contributed by atoms with van der Waals surface area (Å²) in [5.74, 6) is 1.85. The number of imidazole rings is 1. The van der Waals surface area contributed by atoms with Gasteiger partial charge < -0.3 is 9.30 Å². The van der Waals surface area contributed by atoms with E-state index in [0.29, 0.717) is 18.8 Å². The van der Waals surface area contributed by atoms with Gasteiger partial charge in [-0.25, -0.2) is 17.7 Å². The van der Waals surface area contributed by atoms with E-state index in [-0.39, 0.29) is 18.3 Å². The van der Waals surface area contributed by atoms with Crippen LogP contribution in [0, 0.1) is 6.92 Å². The third-order valence-corrected chi connectivity index (χ3v) is 6.66. The van der Waals surface area contributed by atoms with Gasteiger partial charge in [0.05, 0.1) is 5.75 Å². The van der Waals surface area contributed by atoms with Crippen molar-refractivity contribution in [1.29, 1.82) is 0 Å². The Morgan fingerprint density at radius 2 is 2.04 bits per heavy atom. The molecular weight excluding hydrogens is 350 g/mol. The van der Waals surface area contributed by atoms with Crippen molar-refractivity contribution in [2.24, 2.45) is 0 Å². The molecule has 2 heterocycles. The van der Waals surface area contributed by atoms with Gasteiger partial charge >= 0.3 is 0 Å². The van der Waals surface area contributed by atoms with E-state index in [1.54, 1.807) is 10.5 Å². The second-order valence-electron chi connectivity index (χ2n) is 6.75. The highest BCUT2D eigenvalue weighted by atomic mass is 32.2. The molecule has 1 aliphatic rings. The minimum Gasteiger partial charge on any atom is -0.492 e. The zero-order valence-corrected chi connectivity index (χ0v) is 16.3. The molecule has 0 saturated carbocycles. The molecule has 7 heteroatoms. The van der Waals surface area contributed by atoms with Gasteiger partial charge in [0.15, 0.2) is 0 Å². The largest absolute Gasteiger partial charge is 0.492 e. The van der Waals surface area contributed by atoms with Crippen LogP contribution in [-0.2, 0) is 16.6 Å². The SMILES string of the molecule is CCn1ccnc1[C@H]1CCCN(S(=O)(=O)CCOc2ccc(C)cc2)C1. The number of rotatable bonds is 7. The van der Waals surface area contributed by atoms with E-state index < -0.39 is 10.0 Å². The highest BCUT2D eigenvalue weighted by Crippen LogP contribution is 2.27. The van der Waals surface area contributed by atoms with Gasteiger partial charge in [-0.15, -0.1) is 0 Å². The zero-order chi connectivity index (χ0) is 18.6. The lowest BCUT2D eigenvalue weighted by molar-refractivity contribution is 0.297. The first-order valence-electron chi connectivity index (χ1n) is 9.18. The van der Waals surface area contributed by atoms with Crippen LogP contribution in [0.3, 0.4) is 0 Å². The summed E-state index contributed by atoms with van der Waals surface area (Å²) < 4.78 is 34.7. The molecule has 1 aliphatic heterocycles. The van der Waals surface area contributed by atoms with Crippen molar-refractivity contribution in [2.45, 2.75) is 39.2 Å². The van der Waals surface area contributed by atoms with Crippen molar-refractivity contribution < 1.29 is 13.2 Å². The minimum atomic E-state index is -3.33. The molecule has 0 aliphatic carbocycles. The Kier molecular flexibility index (Phi) is 5.98. The van der Waals surface area contributed by atoms with Gasteiger partial charge in [-0.2, -0.15) is 0 Å². The molecule has 0 bridgehead atoms. The van der Waals surface area contributed by atoms with Gasteiger partial charge in [0, 0.05) is 37.9 Å². The molecule has 26 heavy (non-hydrogen) atoms. The van der Waals surface area contributed by atoms with Crippen molar-refractivity contribution >= 4 is 10.0 Å². The van der Waals surface area contributed by atoms with Crippen LogP contribution in [0.1, 0.15) is 37.1 Å². The van der Waals surface area contributed by atoms with Crippen LogP contribution >= 0.6 is 0 Å². The summed E-state index contributed by atoms with van der Waals surface area (Å²) in [6.07, 6.45) is 5.59. The number of piperidine rings is 1. The Morgan fingerprint density at radius 1 is 1.27 bits per heavy atom. The number of hydrogen-bond acceptors (Lipinski definition) is 4. The van der Waals surface area contributed by atoms with Gasteiger partial charge in [-0.1, -0.05) is 17.7 Å². The molecule has 0 spiro atoms. The average Bonchev–Trinajstić information content (AvgIpc) is 3.12. The third kappa shape index (κ3) is 4.45. The maximum absolute atomic E-state index is 12.7. The topological polar surface area (TPSA) is 64.4 Å². The van der Waals surface area contributed by atoms with Crippen LogP contribution in [0.15, 0.2) is 36.7 Å². The first kappa shape index (κ1) is 18.9. The molecule has 142 valence electrons. The van der Waals surface area contributed by atoms with E-state index in [9.17, 15) is 8.42 Å². The average molecular weight is 378 g/mol. The highest BCUT2D eigenvalue weighted by molar-refractivity contribution is 7.89. The normalized spacial score (nSPS) is 18.8. The Labute approximate surface area is 155 Å². The summed E-state index contributed by atoms with van der Waals surface area (Å²) in [4.78, 5) is 4.45. The van der Waals surface area contributed by atoms with Crippen molar-refractivity contribution in [1.82, 2.24) is 13.9 Å². The van der Waals surface area contributed by atoms with Crippen LogP contribution in [-0.4, -0.2) is 47.7 Å². The van der Waals surface area contributed by atoms with E-state index in [0.717, 1.165) is 30.8 Å². The number of benzene rings is 1. The second-order valence-corrected chi connectivity index (χ2v) is 8.83. The lowest BCUT2D eigenvalue weighted by atomic mass is 9.99. The summed E-state index contributed by atoms with van der Waals surface area (Å²) >= 11 is 0. The number of aryl methyl sites for hydroxylation is 2. The fourth-order valence-corrected chi connectivity index (χ4v) is 4.75. The molecule has 1 fully saturated rings. The first-order valence-corrected chi connectivity index (χ1v) is 10.8. The number of nitrogens with zero attached hydrogens (tertiary/aromatic N) is 3. The Bertz CT molecular complexity index is 815. The summed E-state index contributed by atoms with van der Waals surface area (Å²) in [6.45, 7) is 6.18. The van der Waals surface area contributed by atoms with Gasteiger partial charge in [-0.3, -0.25) is 0 Å². The molecule has 1 atom stereocenters. The summed E-state index contributed by atoms with van der Waals surface area (Å²) in [5.41, 5.74) is 1.15. The van der Waals surface area contributed by atoms with Crippen LogP contribution in [0.5, 0.6) is 5.75 Å². The predicted molar refractivity (Wildman–Crippen MR) is 102 cm³/mol. The minimum absolute atomic E-state index is 0.00415. The molecule has 1 aromatic heterocycles. The molecule has 0 radical (unpaired) electrons. The van der Waals surface area contributed by atoms with E-state index in [1.807, 2.05) is 37.4 Å². The highest BCUT2D eigenvalue weighted by Gasteiger charge is 2.31. The number of hydrogen-bond donors (Lipinski definition) is 0. The molecule has 0 amide bonds. The third-order valence-electron chi connectivity index (χ3n) is 4.86. The molecule has 1 aromatic carbocycles. The van der Waals surface area contributed by atoms with Crippen molar-refractivity contribution in [2.75, 3.05) is 25.4 Å². The lowest BCUT2D eigenvalue weighted by Gasteiger charge is -2.31. The van der Waals surface area contributed by atoms with Crippen molar-refractivity contribution in [3.63, 3.8) is 0 Å². The van der Waals surface area contributed by atoms with Crippen LogP contribution in [0.25, 0.3) is 0 Å². The van der Waals surface area contributed by atoms with Gasteiger partial charge in [0.25, 0.3) is 0 Å². The summed E-state index contributed by atoms with van der Waals surface area (Å²) in [7, 11) is -3.33. The standard InChI is InChI=1S/C19H27N3O3S/c1-3-21-12-10-20-19(21)17-5-4-11-22(15-17)26(23,24)14-13-25-18-8-6-16(2)7-9-18/h6-10,12,17H,3-5,11,13-15H2,1-2H3/t17-/m0/s1. The van der Waals surface area contributed by atoms with Crippen molar-refractivity contribution in [3.05, 3.63) is 48.0 Å². The lowest BCUT2D eigenvalue weighted by Crippen LogP contribution is -2.41. The molecule has 1 saturated heterocycles. The van der Waals surface area contributed by atoms with E-state index in [4.69, 9.17) is 4.74 Å².